The second-order valence-corrected chi connectivity index (χ2v) is 12.6. The molecule has 286 valence electrons. The molecular weight excluding hydrogens is 654 g/mol. The lowest BCUT2D eigenvalue weighted by molar-refractivity contribution is -0.167. The van der Waals surface area contributed by atoms with Crippen molar-refractivity contribution in [1.82, 2.24) is 29.8 Å². The molecule has 3 fully saturated rings. The number of nitrogens with two attached hydrogens (primary N) is 1. The first-order chi connectivity index (χ1) is 23.7. The van der Waals surface area contributed by atoms with Gasteiger partial charge >= 0.3 is 30.3 Å². The maximum atomic E-state index is 12.8. The number of likely N-dealkylation sites (tertiary alicyclic amines) is 1. The van der Waals surface area contributed by atoms with Crippen LogP contribution < -0.4 is 11.1 Å². The van der Waals surface area contributed by atoms with Crippen LogP contribution in [0.1, 0.15) is 61.3 Å². The van der Waals surface area contributed by atoms with Crippen molar-refractivity contribution < 1.29 is 48.1 Å². The average Bonchev–Trinajstić information content (AvgIpc) is 3.09. The summed E-state index contributed by atoms with van der Waals surface area (Å²) in [4.78, 5) is 79.0. The number of carboxylic acid groups (broad SMARTS) is 1. The molecular formula is C33H59N7O10. The first-order valence-electron chi connectivity index (χ1n) is 17.5. The summed E-state index contributed by atoms with van der Waals surface area (Å²) < 4.78 is 15.2. The molecule has 6 amide bonds. The molecule has 4 N–H and O–H groups in total. The smallest absolute Gasteiger partial charge is 0.409 e. The van der Waals surface area contributed by atoms with E-state index in [-0.39, 0.29) is 44.3 Å². The minimum Gasteiger partial charge on any atom is -0.480 e. The van der Waals surface area contributed by atoms with Crippen LogP contribution >= 0.6 is 0 Å². The number of rotatable bonds is 11. The van der Waals surface area contributed by atoms with E-state index in [4.69, 9.17) is 19.9 Å². The van der Waals surface area contributed by atoms with Gasteiger partial charge in [-0.3, -0.25) is 4.79 Å². The van der Waals surface area contributed by atoms with Gasteiger partial charge in [-0.2, -0.15) is 0 Å². The summed E-state index contributed by atoms with van der Waals surface area (Å²) in [7, 11) is 0. The van der Waals surface area contributed by atoms with Gasteiger partial charge in [0.1, 0.15) is 0 Å². The summed E-state index contributed by atoms with van der Waals surface area (Å²) in [6, 6.07) is -1.81. The topological polar surface area (TPSA) is 205 Å². The molecule has 0 aromatic rings. The second-order valence-electron chi connectivity index (χ2n) is 12.6. The summed E-state index contributed by atoms with van der Waals surface area (Å²) in [5.74, 6) is -1.59. The number of nitrogens with zero attached hydrogens (tertiary/aromatic N) is 5. The van der Waals surface area contributed by atoms with Crippen molar-refractivity contribution in [3.63, 3.8) is 0 Å². The number of carbonyl (C=O) groups excluding carboxylic acids is 5. The Balaban J connectivity index is 0.000000533. The fourth-order valence-electron chi connectivity index (χ4n) is 5.07. The monoisotopic (exact) mass is 713 g/mol. The Bertz CT molecular complexity index is 1140. The third-order valence-corrected chi connectivity index (χ3v) is 7.67. The van der Waals surface area contributed by atoms with Gasteiger partial charge in [-0.25, -0.2) is 28.9 Å². The Morgan fingerprint density at radius 1 is 0.800 bits per heavy atom. The number of piperazine rings is 2. The molecule has 0 bridgehead atoms. The van der Waals surface area contributed by atoms with Crippen LogP contribution in [0, 0.1) is 17.8 Å². The highest BCUT2D eigenvalue weighted by molar-refractivity contribution is 6.07. The standard InChI is InChI=1S/C19H31N5O6.C12H22N2O4.C2H6/c1-12(2)11-30-19(29)23-9-7-22(8-10-23)18(28)24-15(17(26)27)14(16(24)25)5-4-6-21-13(3)20;1-4-17-11(15)13-5-7-14(8-6-13)12(16)18-9-10(2)3;1-2/h12,14-15,21H,3-11,20H2,1-2H3,(H,26,27);10H,4-9H2,1-3H3;1-2H3/t14-,15?;;/m1../s1. The van der Waals surface area contributed by atoms with Crippen LogP contribution in [-0.4, -0.2) is 151 Å². The van der Waals surface area contributed by atoms with Gasteiger partial charge < -0.3 is 50.0 Å². The summed E-state index contributed by atoms with van der Waals surface area (Å²) in [5, 5.41) is 12.3. The summed E-state index contributed by atoms with van der Waals surface area (Å²) >= 11 is 0. The van der Waals surface area contributed by atoms with Crippen LogP contribution in [0.5, 0.6) is 0 Å². The van der Waals surface area contributed by atoms with E-state index in [1.165, 1.54) is 9.80 Å². The average molecular weight is 714 g/mol. The van der Waals surface area contributed by atoms with Crippen LogP contribution in [0.2, 0.25) is 0 Å². The number of β-lactam (4-membered cyclic amide) rings is 1. The van der Waals surface area contributed by atoms with Crippen LogP contribution in [0.15, 0.2) is 12.4 Å². The minimum absolute atomic E-state index is 0.207. The van der Waals surface area contributed by atoms with Crippen molar-refractivity contribution in [2.75, 3.05) is 78.7 Å². The highest BCUT2D eigenvalue weighted by Crippen LogP contribution is 2.32. The number of aliphatic carboxylic acids is 1. The molecule has 2 atom stereocenters. The van der Waals surface area contributed by atoms with E-state index in [2.05, 4.69) is 11.9 Å². The Morgan fingerprint density at radius 2 is 1.20 bits per heavy atom. The van der Waals surface area contributed by atoms with Gasteiger partial charge in [0.2, 0.25) is 5.91 Å². The molecule has 3 aliphatic heterocycles. The molecule has 3 heterocycles. The molecule has 50 heavy (non-hydrogen) atoms. The highest BCUT2D eigenvalue weighted by Gasteiger charge is 2.55. The Labute approximate surface area is 296 Å². The van der Waals surface area contributed by atoms with Gasteiger partial charge in [0, 0.05) is 58.9 Å². The maximum absolute atomic E-state index is 12.8. The lowest BCUT2D eigenvalue weighted by Gasteiger charge is -2.46. The SMILES string of the molecule is C=C(N)NCCC[C@H]1C(=O)N(C(=O)N2CCN(C(=O)OCC(C)C)CC2)C1C(=O)O.CC.CCOC(=O)N1CCN(C(=O)OCC(C)C)CC1. The Kier molecular flexibility index (Phi) is 19.4. The molecule has 17 nitrogen and oxygen atoms in total. The van der Waals surface area contributed by atoms with Crippen molar-refractivity contribution in [3.8, 4) is 0 Å². The third-order valence-electron chi connectivity index (χ3n) is 7.67. The van der Waals surface area contributed by atoms with Crippen molar-refractivity contribution in [2.45, 2.75) is 67.3 Å². The lowest BCUT2D eigenvalue weighted by atomic mass is 9.83. The quantitative estimate of drug-likeness (QED) is 0.161. The number of hydrogen-bond donors (Lipinski definition) is 3. The van der Waals surface area contributed by atoms with Crippen LogP contribution in [0.25, 0.3) is 0 Å². The molecule has 1 unspecified atom stereocenters. The lowest BCUT2D eigenvalue weighted by Crippen LogP contribution is -2.69. The van der Waals surface area contributed by atoms with E-state index < -0.39 is 36.0 Å². The van der Waals surface area contributed by atoms with Crippen molar-refractivity contribution >= 4 is 36.2 Å². The van der Waals surface area contributed by atoms with Gasteiger partial charge in [-0.15, -0.1) is 0 Å². The number of nitrogens with one attached hydrogen (secondary N) is 1. The van der Waals surface area contributed by atoms with Crippen LogP contribution in [0.3, 0.4) is 0 Å². The molecule has 17 heteroatoms. The number of hydrogen-bond acceptors (Lipinski definition) is 11. The number of carbonyl (C=O) groups is 6. The first-order valence-corrected chi connectivity index (χ1v) is 17.5. The number of urea groups is 1. The zero-order chi connectivity index (χ0) is 38.0. The minimum atomic E-state index is -1.21. The number of carboxylic acids is 1. The van der Waals surface area contributed by atoms with E-state index in [1.54, 1.807) is 16.7 Å². The molecule has 0 aliphatic carbocycles. The van der Waals surface area contributed by atoms with Crippen molar-refractivity contribution in [3.05, 3.63) is 12.4 Å². The van der Waals surface area contributed by atoms with Gasteiger partial charge in [-0.05, 0) is 31.6 Å². The molecule has 0 saturated carbocycles. The van der Waals surface area contributed by atoms with Crippen LogP contribution in [0.4, 0.5) is 19.2 Å². The Morgan fingerprint density at radius 3 is 1.56 bits per heavy atom. The molecule has 0 aromatic heterocycles. The van der Waals surface area contributed by atoms with Gasteiger partial charge in [0.25, 0.3) is 0 Å². The molecule has 3 rings (SSSR count). The maximum Gasteiger partial charge on any atom is 0.409 e. The highest BCUT2D eigenvalue weighted by atomic mass is 16.6. The summed E-state index contributed by atoms with van der Waals surface area (Å²) in [6.45, 7) is 21.6. The third kappa shape index (κ3) is 13.8. The fraction of sp³-hybridized carbons (Fsp3) is 0.758. The van der Waals surface area contributed by atoms with E-state index >= 15 is 0 Å². The molecule has 3 aliphatic rings. The molecule has 0 aromatic carbocycles. The zero-order valence-corrected chi connectivity index (χ0v) is 30.9. The predicted octanol–water partition coefficient (Wildman–Crippen LogP) is 2.81. The number of amides is 6. The van der Waals surface area contributed by atoms with Crippen LogP contribution in [-0.2, 0) is 23.8 Å². The Hall–Kier alpha value is -4.44. The van der Waals surface area contributed by atoms with Gasteiger partial charge in [-0.1, -0.05) is 48.1 Å². The normalized spacial score (nSPS) is 18.6. The second kappa shape index (κ2) is 22.3. The van der Waals surface area contributed by atoms with Gasteiger partial charge in [0.05, 0.1) is 31.6 Å². The van der Waals surface area contributed by atoms with Crippen molar-refractivity contribution in [1.29, 1.82) is 0 Å². The zero-order valence-electron chi connectivity index (χ0n) is 30.9. The molecule has 3 saturated heterocycles. The molecule has 0 spiro atoms. The van der Waals surface area contributed by atoms with Crippen molar-refractivity contribution in [2.24, 2.45) is 23.5 Å². The largest absolute Gasteiger partial charge is 0.480 e. The van der Waals surface area contributed by atoms with E-state index in [1.807, 2.05) is 41.5 Å². The first kappa shape index (κ1) is 43.6. The number of imide groups is 1. The summed E-state index contributed by atoms with van der Waals surface area (Å²) in [6.07, 6.45) is -0.196. The summed E-state index contributed by atoms with van der Waals surface area (Å²) in [5.41, 5.74) is 5.40. The fourth-order valence-corrected chi connectivity index (χ4v) is 5.07. The van der Waals surface area contributed by atoms with E-state index in [9.17, 15) is 33.9 Å². The van der Waals surface area contributed by atoms with E-state index in [0.717, 1.165) is 4.90 Å². The number of ether oxygens (including phenoxy) is 3. The molecule has 0 radical (unpaired) electrons. The van der Waals surface area contributed by atoms with E-state index in [0.29, 0.717) is 77.1 Å². The van der Waals surface area contributed by atoms with Gasteiger partial charge in [0.15, 0.2) is 6.04 Å². The predicted molar refractivity (Wildman–Crippen MR) is 185 cm³/mol.